The first-order valence-corrected chi connectivity index (χ1v) is 9.53. The van der Waals surface area contributed by atoms with Crippen LogP contribution in [0.4, 0.5) is 13.2 Å². The fourth-order valence-electron chi connectivity index (χ4n) is 3.19. The smallest absolute Gasteiger partial charge is 0.418 e. The maximum absolute atomic E-state index is 13.3. The molecule has 0 amide bonds. The lowest BCUT2D eigenvalue weighted by atomic mass is 10.0. The molecule has 0 aliphatic heterocycles. The van der Waals surface area contributed by atoms with Gasteiger partial charge in [0.1, 0.15) is 5.75 Å². The molecule has 0 aliphatic carbocycles. The molecular formula is C21H21F3N4O4. The van der Waals surface area contributed by atoms with Gasteiger partial charge in [0, 0.05) is 0 Å². The highest BCUT2D eigenvalue weighted by Gasteiger charge is 2.35. The van der Waals surface area contributed by atoms with Crippen LogP contribution >= 0.6 is 0 Å². The number of benzene rings is 2. The Morgan fingerprint density at radius 3 is 2.25 bits per heavy atom. The van der Waals surface area contributed by atoms with E-state index in [-0.39, 0.29) is 6.54 Å². The number of hydrogen-bond acceptors (Lipinski definition) is 5. The highest BCUT2D eigenvalue weighted by Crippen LogP contribution is 2.33. The lowest BCUT2D eigenvalue weighted by Gasteiger charge is -2.24. The molecule has 0 bridgehead atoms. The second-order valence-corrected chi connectivity index (χ2v) is 7.82. The topological polar surface area (TPSA) is 99.2 Å². The summed E-state index contributed by atoms with van der Waals surface area (Å²) in [6.07, 6.45) is -4.66. The molecule has 32 heavy (non-hydrogen) atoms. The van der Waals surface area contributed by atoms with Gasteiger partial charge in [0.2, 0.25) is 0 Å². The molecule has 0 unspecified atom stereocenters. The number of halogens is 3. The first-order valence-electron chi connectivity index (χ1n) is 9.53. The molecule has 1 heterocycles. The summed E-state index contributed by atoms with van der Waals surface area (Å²) in [5, 5.41) is 16.6. The van der Waals surface area contributed by atoms with E-state index in [1.807, 2.05) is 0 Å². The summed E-state index contributed by atoms with van der Waals surface area (Å²) in [7, 11) is 0. The molecule has 11 heteroatoms. The molecule has 3 aromatic rings. The zero-order valence-corrected chi connectivity index (χ0v) is 17.8. The maximum atomic E-state index is 13.3. The average Bonchev–Trinajstić information content (AvgIpc) is 3.04. The van der Waals surface area contributed by atoms with Crippen LogP contribution in [0.5, 0.6) is 5.75 Å². The van der Waals surface area contributed by atoms with E-state index in [9.17, 15) is 27.9 Å². The van der Waals surface area contributed by atoms with Crippen LogP contribution < -0.4 is 10.4 Å². The molecule has 0 fully saturated rings. The van der Waals surface area contributed by atoms with E-state index in [1.165, 1.54) is 26.0 Å². The van der Waals surface area contributed by atoms with Gasteiger partial charge in [-0.2, -0.15) is 22.5 Å². The molecule has 1 aromatic heterocycles. The van der Waals surface area contributed by atoms with Crippen LogP contribution in [0.3, 0.4) is 0 Å². The van der Waals surface area contributed by atoms with Gasteiger partial charge in [-0.25, -0.2) is 9.59 Å². The normalized spacial score (nSPS) is 12.1. The number of alkyl halides is 3. The molecule has 0 spiro atoms. The summed E-state index contributed by atoms with van der Waals surface area (Å²) < 4.78 is 47.1. The van der Waals surface area contributed by atoms with Crippen molar-refractivity contribution in [2.45, 2.75) is 46.0 Å². The minimum absolute atomic E-state index is 0.0443. The summed E-state index contributed by atoms with van der Waals surface area (Å²) >= 11 is 0. The van der Waals surface area contributed by atoms with Crippen LogP contribution in [-0.4, -0.2) is 36.5 Å². The maximum Gasteiger partial charge on any atom is 0.418 e. The number of carboxylic acids is 1. The third kappa shape index (κ3) is 4.51. The van der Waals surface area contributed by atoms with Crippen LogP contribution in [0.15, 0.2) is 41.2 Å². The summed E-state index contributed by atoms with van der Waals surface area (Å²) in [5.41, 5.74) is -1.79. The van der Waals surface area contributed by atoms with Crippen molar-refractivity contribution < 1.29 is 27.8 Å². The van der Waals surface area contributed by atoms with Crippen LogP contribution in [0.1, 0.15) is 36.1 Å². The summed E-state index contributed by atoms with van der Waals surface area (Å²) in [5.74, 6) is -0.723. The van der Waals surface area contributed by atoms with Crippen LogP contribution in [0, 0.1) is 13.8 Å². The Bertz CT molecular complexity index is 1210. The highest BCUT2D eigenvalue weighted by atomic mass is 19.4. The number of carboxylic acid groups (broad SMARTS) is 1. The number of aryl methyl sites for hydroxylation is 2. The summed E-state index contributed by atoms with van der Waals surface area (Å²) in [4.78, 5) is 24.0. The fourth-order valence-corrected chi connectivity index (χ4v) is 3.19. The Morgan fingerprint density at radius 2 is 1.69 bits per heavy atom. The van der Waals surface area contributed by atoms with E-state index in [1.54, 1.807) is 26.0 Å². The number of para-hydroxylation sites is 1. The fraction of sp³-hybridized carbons (Fsp3) is 0.333. The number of aromatic nitrogens is 4. The van der Waals surface area contributed by atoms with Crippen molar-refractivity contribution in [1.82, 2.24) is 19.8 Å². The van der Waals surface area contributed by atoms with Gasteiger partial charge in [0.15, 0.2) is 5.60 Å². The van der Waals surface area contributed by atoms with Crippen molar-refractivity contribution >= 4 is 5.97 Å². The number of rotatable bonds is 6. The van der Waals surface area contributed by atoms with Crippen molar-refractivity contribution in [2.75, 3.05) is 0 Å². The molecule has 3 rings (SSSR count). The number of nitrogens with zero attached hydrogens (tertiary/aromatic N) is 4. The second kappa shape index (κ2) is 8.13. The Hall–Kier alpha value is -3.63. The molecule has 0 radical (unpaired) electrons. The number of tetrazole rings is 1. The third-order valence-electron chi connectivity index (χ3n) is 4.80. The van der Waals surface area contributed by atoms with Gasteiger partial charge in [-0.3, -0.25) is 0 Å². The van der Waals surface area contributed by atoms with Crippen molar-refractivity contribution in [1.29, 1.82) is 0 Å². The number of ether oxygens (including phenoxy) is 1. The van der Waals surface area contributed by atoms with Gasteiger partial charge in [-0.15, -0.1) is 0 Å². The molecule has 0 aliphatic rings. The SMILES string of the molecule is Cc1cc(Cn2nnn(-c3ccccc3C(F)(F)F)c2=O)cc(C)c1OC(C)(C)C(=O)O. The number of carbonyl (C=O) groups is 1. The van der Waals surface area contributed by atoms with Gasteiger partial charge in [-0.1, -0.05) is 24.3 Å². The number of aliphatic carboxylic acids is 1. The molecule has 0 saturated carbocycles. The van der Waals surface area contributed by atoms with E-state index in [4.69, 9.17) is 4.74 Å². The Labute approximate surface area is 180 Å². The van der Waals surface area contributed by atoms with E-state index < -0.39 is 34.7 Å². The van der Waals surface area contributed by atoms with Crippen molar-refractivity contribution in [3.63, 3.8) is 0 Å². The minimum Gasteiger partial charge on any atom is -0.478 e. The van der Waals surface area contributed by atoms with Crippen LogP contribution in [0.2, 0.25) is 0 Å². The third-order valence-corrected chi connectivity index (χ3v) is 4.80. The number of hydrogen-bond donors (Lipinski definition) is 1. The van der Waals surface area contributed by atoms with Crippen LogP contribution in [-0.2, 0) is 17.5 Å². The largest absolute Gasteiger partial charge is 0.478 e. The predicted molar refractivity (Wildman–Crippen MR) is 108 cm³/mol. The van der Waals surface area contributed by atoms with Gasteiger partial charge < -0.3 is 9.84 Å². The van der Waals surface area contributed by atoms with E-state index in [0.717, 1.165) is 16.8 Å². The first-order chi connectivity index (χ1) is 14.8. The van der Waals surface area contributed by atoms with Gasteiger partial charge in [-0.05, 0) is 66.9 Å². The lowest BCUT2D eigenvalue weighted by Crippen LogP contribution is -2.38. The van der Waals surface area contributed by atoms with Gasteiger partial charge in [0.05, 0.1) is 17.8 Å². The monoisotopic (exact) mass is 450 g/mol. The van der Waals surface area contributed by atoms with E-state index in [2.05, 4.69) is 10.4 Å². The van der Waals surface area contributed by atoms with Gasteiger partial charge in [0.25, 0.3) is 0 Å². The standard InChI is InChI=1S/C21H21F3N4O4/c1-12-9-14(10-13(2)17(12)32-20(3,4)18(29)30)11-27-19(31)28(26-25-27)16-8-6-5-7-15(16)21(22,23)24/h5-10H,11H2,1-4H3,(H,29,30). The average molecular weight is 450 g/mol. The Kier molecular flexibility index (Phi) is 5.86. The zero-order chi connectivity index (χ0) is 23.8. The summed E-state index contributed by atoms with van der Waals surface area (Å²) in [6, 6.07) is 7.99. The van der Waals surface area contributed by atoms with E-state index >= 15 is 0 Å². The van der Waals surface area contributed by atoms with E-state index in [0.29, 0.717) is 27.1 Å². The zero-order valence-electron chi connectivity index (χ0n) is 17.8. The first kappa shape index (κ1) is 23.0. The lowest BCUT2D eigenvalue weighted by molar-refractivity contribution is -0.152. The summed E-state index contributed by atoms with van der Waals surface area (Å²) in [6.45, 7) is 6.26. The van der Waals surface area contributed by atoms with Gasteiger partial charge >= 0.3 is 17.8 Å². The molecule has 2 aromatic carbocycles. The Morgan fingerprint density at radius 1 is 1.09 bits per heavy atom. The van der Waals surface area contributed by atoms with Crippen LogP contribution in [0.25, 0.3) is 5.69 Å². The molecule has 170 valence electrons. The van der Waals surface area contributed by atoms with Crippen molar-refractivity contribution in [2.24, 2.45) is 0 Å². The Balaban J connectivity index is 1.94. The molecule has 0 saturated heterocycles. The minimum atomic E-state index is -4.66. The predicted octanol–water partition coefficient (Wildman–Crippen LogP) is 3.35. The molecule has 8 nitrogen and oxygen atoms in total. The van der Waals surface area contributed by atoms with Crippen molar-refractivity contribution in [3.8, 4) is 11.4 Å². The second-order valence-electron chi connectivity index (χ2n) is 7.82. The van der Waals surface area contributed by atoms with Crippen molar-refractivity contribution in [3.05, 3.63) is 69.1 Å². The molecule has 1 N–H and O–H groups in total. The molecule has 0 atom stereocenters. The molecular weight excluding hydrogens is 429 g/mol. The quantitative estimate of drug-likeness (QED) is 0.618. The highest BCUT2D eigenvalue weighted by molar-refractivity contribution is 5.77.